The van der Waals surface area contributed by atoms with Crippen molar-refractivity contribution < 1.29 is 9.59 Å². The summed E-state index contributed by atoms with van der Waals surface area (Å²) in [6.07, 6.45) is 2.90. The summed E-state index contributed by atoms with van der Waals surface area (Å²) in [4.78, 5) is 28.5. The molecule has 0 bridgehead atoms. The molecule has 0 saturated carbocycles. The number of nitrogens with two attached hydrogens (primary N) is 1. The number of hydrogen-bond donors (Lipinski definition) is 1. The van der Waals surface area contributed by atoms with Gasteiger partial charge in [0.25, 0.3) is 0 Å². The number of amides is 2. The Balaban J connectivity index is 1.83. The van der Waals surface area contributed by atoms with Gasteiger partial charge < -0.3 is 10.6 Å². The Morgan fingerprint density at radius 2 is 1.77 bits per heavy atom. The average molecular weight is 301 g/mol. The first-order valence-corrected chi connectivity index (χ1v) is 8.04. The lowest BCUT2D eigenvalue weighted by molar-refractivity contribution is -0.136. The molecule has 0 aliphatic carbocycles. The largest absolute Gasteiger partial charge is 0.369 e. The molecule has 118 valence electrons. The summed E-state index contributed by atoms with van der Waals surface area (Å²) in [5.74, 6) is -0.241. The van der Waals surface area contributed by atoms with Gasteiger partial charge in [0.1, 0.15) is 6.04 Å². The number of hydrogen-bond acceptors (Lipinski definition) is 3. The highest BCUT2D eigenvalue weighted by molar-refractivity contribution is 5.84. The van der Waals surface area contributed by atoms with Crippen LogP contribution in [0.25, 0.3) is 0 Å². The molecule has 0 radical (unpaired) electrons. The minimum Gasteiger partial charge on any atom is -0.369 e. The van der Waals surface area contributed by atoms with Crippen LogP contribution in [0.1, 0.15) is 30.9 Å². The molecular formula is C17H23N3O2. The third-order valence-corrected chi connectivity index (χ3v) is 4.75. The topological polar surface area (TPSA) is 66.6 Å². The molecule has 2 saturated heterocycles. The van der Waals surface area contributed by atoms with Crippen LogP contribution < -0.4 is 5.73 Å². The maximum atomic E-state index is 13.0. The minimum absolute atomic E-state index is 0.141. The molecule has 2 amide bonds. The zero-order chi connectivity index (χ0) is 15.5. The van der Waals surface area contributed by atoms with Gasteiger partial charge in [-0.05, 0) is 24.8 Å². The van der Waals surface area contributed by atoms with Crippen LogP contribution in [0.2, 0.25) is 0 Å². The molecule has 2 aliphatic heterocycles. The predicted octanol–water partition coefficient (Wildman–Crippen LogP) is 1.16. The molecule has 0 aromatic heterocycles. The van der Waals surface area contributed by atoms with E-state index in [1.54, 1.807) is 0 Å². The van der Waals surface area contributed by atoms with Crippen molar-refractivity contribution in [3.63, 3.8) is 0 Å². The summed E-state index contributed by atoms with van der Waals surface area (Å²) in [5, 5.41) is 0. The van der Waals surface area contributed by atoms with E-state index in [9.17, 15) is 9.59 Å². The van der Waals surface area contributed by atoms with Crippen LogP contribution in [0, 0.1) is 5.92 Å². The fourth-order valence-corrected chi connectivity index (χ4v) is 3.51. The van der Waals surface area contributed by atoms with Gasteiger partial charge in [0.05, 0.1) is 5.92 Å². The standard InChI is InChI=1S/C17H23N3O2/c18-16(21)14-8-11-20(12-14)15(13-6-2-1-3-7-13)17(22)19-9-4-5-10-19/h1-3,6-7,14-15H,4-5,8-12H2,(H2,18,21)/t14-,15+/m0/s1. The van der Waals surface area contributed by atoms with E-state index < -0.39 is 0 Å². The Morgan fingerprint density at radius 3 is 2.36 bits per heavy atom. The normalized spacial score (nSPS) is 23.6. The molecule has 1 aromatic rings. The van der Waals surface area contributed by atoms with Crippen LogP contribution >= 0.6 is 0 Å². The molecule has 1 aromatic carbocycles. The lowest BCUT2D eigenvalue weighted by atomic mass is 10.0. The number of primary amides is 1. The molecule has 2 aliphatic rings. The Kier molecular flexibility index (Phi) is 4.43. The van der Waals surface area contributed by atoms with Gasteiger partial charge >= 0.3 is 0 Å². The fourth-order valence-electron chi connectivity index (χ4n) is 3.51. The van der Waals surface area contributed by atoms with E-state index in [1.165, 1.54) is 0 Å². The maximum Gasteiger partial charge on any atom is 0.244 e. The number of benzene rings is 1. The molecule has 0 unspecified atom stereocenters. The van der Waals surface area contributed by atoms with Crippen molar-refractivity contribution in [2.45, 2.75) is 25.3 Å². The highest BCUT2D eigenvalue weighted by Crippen LogP contribution is 2.30. The van der Waals surface area contributed by atoms with Crippen LogP contribution in [-0.4, -0.2) is 47.8 Å². The number of carbonyl (C=O) groups excluding carboxylic acids is 2. The van der Waals surface area contributed by atoms with Gasteiger partial charge in [-0.3, -0.25) is 14.5 Å². The first kappa shape index (κ1) is 15.0. The van der Waals surface area contributed by atoms with Crippen molar-refractivity contribution in [3.05, 3.63) is 35.9 Å². The lowest BCUT2D eigenvalue weighted by Gasteiger charge is -2.30. The van der Waals surface area contributed by atoms with Crippen molar-refractivity contribution in [1.29, 1.82) is 0 Å². The van der Waals surface area contributed by atoms with Gasteiger partial charge in [0.15, 0.2) is 0 Å². The van der Waals surface area contributed by atoms with Crippen LogP contribution in [0.15, 0.2) is 30.3 Å². The molecule has 2 fully saturated rings. The molecule has 2 N–H and O–H groups in total. The van der Waals surface area contributed by atoms with E-state index >= 15 is 0 Å². The smallest absolute Gasteiger partial charge is 0.244 e. The summed E-state index contributed by atoms with van der Waals surface area (Å²) in [6.45, 7) is 3.01. The van der Waals surface area contributed by atoms with E-state index in [2.05, 4.69) is 4.90 Å². The van der Waals surface area contributed by atoms with Gasteiger partial charge in [0, 0.05) is 26.2 Å². The molecule has 2 heterocycles. The number of carbonyl (C=O) groups is 2. The highest BCUT2D eigenvalue weighted by atomic mass is 16.2. The Bertz CT molecular complexity index is 540. The highest BCUT2D eigenvalue weighted by Gasteiger charge is 2.37. The third kappa shape index (κ3) is 2.99. The van der Waals surface area contributed by atoms with Crippen LogP contribution in [0.3, 0.4) is 0 Å². The second kappa shape index (κ2) is 6.48. The second-order valence-electron chi connectivity index (χ2n) is 6.23. The van der Waals surface area contributed by atoms with E-state index in [4.69, 9.17) is 5.73 Å². The van der Waals surface area contributed by atoms with Crippen molar-refractivity contribution in [1.82, 2.24) is 9.80 Å². The monoisotopic (exact) mass is 301 g/mol. The molecule has 5 nitrogen and oxygen atoms in total. The zero-order valence-corrected chi connectivity index (χ0v) is 12.8. The first-order valence-electron chi connectivity index (χ1n) is 8.04. The van der Waals surface area contributed by atoms with Gasteiger partial charge in [0.2, 0.25) is 11.8 Å². The summed E-state index contributed by atoms with van der Waals surface area (Å²) in [6, 6.07) is 9.58. The van der Waals surface area contributed by atoms with Gasteiger partial charge in [-0.15, -0.1) is 0 Å². The third-order valence-electron chi connectivity index (χ3n) is 4.75. The Morgan fingerprint density at radius 1 is 1.09 bits per heavy atom. The molecule has 5 heteroatoms. The molecule has 22 heavy (non-hydrogen) atoms. The van der Waals surface area contributed by atoms with Gasteiger partial charge in [-0.25, -0.2) is 0 Å². The van der Waals surface area contributed by atoms with Gasteiger partial charge in [-0.1, -0.05) is 30.3 Å². The molecule has 3 rings (SSSR count). The van der Waals surface area contributed by atoms with Crippen molar-refractivity contribution in [3.8, 4) is 0 Å². The zero-order valence-electron chi connectivity index (χ0n) is 12.8. The number of nitrogens with zero attached hydrogens (tertiary/aromatic N) is 2. The van der Waals surface area contributed by atoms with E-state index in [1.807, 2.05) is 35.2 Å². The summed E-state index contributed by atoms with van der Waals surface area (Å²) in [5.41, 5.74) is 6.44. The lowest BCUT2D eigenvalue weighted by Crippen LogP contribution is -2.41. The SMILES string of the molecule is NC(=O)[C@H]1CCN([C@@H](C(=O)N2CCCC2)c2ccccc2)C1. The van der Waals surface area contributed by atoms with Gasteiger partial charge in [-0.2, -0.15) is 0 Å². The Labute approximate surface area is 131 Å². The van der Waals surface area contributed by atoms with Crippen molar-refractivity contribution >= 4 is 11.8 Å². The maximum absolute atomic E-state index is 13.0. The second-order valence-corrected chi connectivity index (χ2v) is 6.23. The predicted molar refractivity (Wildman–Crippen MR) is 83.9 cm³/mol. The van der Waals surface area contributed by atoms with Crippen LogP contribution in [0.5, 0.6) is 0 Å². The average Bonchev–Trinajstić information content (AvgIpc) is 3.20. The summed E-state index contributed by atoms with van der Waals surface area (Å²) in [7, 11) is 0. The summed E-state index contributed by atoms with van der Waals surface area (Å²) < 4.78 is 0. The minimum atomic E-state index is -0.288. The quantitative estimate of drug-likeness (QED) is 0.907. The van der Waals surface area contributed by atoms with Crippen molar-refractivity contribution in [2.24, 2.45) is 11.7 Å². The van der Waals surface area contributed by atoms with Crippen LogP contribution in [-0.2, 0) is 9.59 Å². The first-order chi connectivity index (χ1) is 10.7. The van der Waals surface area contributed by atoms with Crippen LogP contribution in [0.4, 0.5) is 0 Å². The Hall–Kier alpha value is -1.88. The molecular weight excluding hydrogens is 278 g/mol. The van der Waals surface area contributed by atoms with E-state index in [-0.39, 0.29) is 23.8 Å². The van der Waals surface area contributed by atoms with E-state index in [0.29, 0.717) is 6.54 Å². The van der Waals surface area contributed by atoms with Crippen molar-refractivity contribution in [2.75, 3.05) is 26.2 Å². The number of likely N-dealkylation sites (tertiary alicyclic amines) is 2. The fraction of sp³-hybridized carbons (Fsp3) is 0.529. The molecule has 0 spiro atoms. The van der Waals surface area contributed by atoms with E-state index in [0.717, 1.165) is 44.5 Å². The summed E-state index contributed by atoms with van der Waals surface area (Å²) >= 11 is 0. The molecule has 2 atom stereocenters. The number of rotatable bonds is 4.